The molecule has 5 rings (SSSR count). The van der Waals surface area contributed by atoms with Crippen molar-refractivity contribution in [2.24, 2.45) is 23.7 Å². The van der Waals surface area contributed by atoms with Crippen LogP contribution in [-0.2, 0) is 19.2 Å². The first kappa shape index (κ1) is 24.1. The molecule has 2 aliphatic heterocycles. The van der Waals surface area contributed by atoms with Gasteiger partial charge in [0, 0.05) is 6.42 Å². The van der Waals surface area contributed by atoms with Crippen molar-refractivity contribution in [1.82, 2.24) is 0 Å². The SMILES string of the molecule is CC1=CC(C2CC(=O)N(c3ccc(C(=O)O)cc3)C2=O)CC2C(=O)N(c3ccc(C(=O)O)cc3)C(=O)C12. The van der Waals surface area contributed by atoms with Gasteiger partial charge in [-0.3, -0.25) is 24.1 Å². The highest BCUT2D eigenvalue weighted by atomic mass is 16.4. The summed E-state index contributed by atoms with van der Waals surface area (Å²) < 4.78 is 0. The van der Waals surface area contributed by atoms with Crippen LogP contribution < -0.4 is 9.80 Å². The van der Waals surface area contributed by atoms with E-state index >= 15 is 0 Å². The minimum absolute atomic E-state index is 0.0304. The van der Waals surface area contributed by atoms with Gasteiger partial charge in [0.1, 0.15) is 0 Å². The molecule has 0 spiro atoms. The third-order valence-corrected chi connectivity index (χ3v) is 7.36. The molecule has 188 valence electrons. The first-order valence-electron chi connectivity index (χ1n) is 11.7. The molecule has 10 nitrogen and oxygen atoms in total. The van der Waals surface area contributed by atoms with Crippen molar-refractivity contribution < 1.29 is 39.0 Å². The molecule has 2 fully saturated rings. The Balaban J connectivity index is 1.38. The van der Waals surface area contributed by atoms with Gasteiger partial charge in [0.25, 0.3) is 0 Å². The van der Waals surface area contributed by atoms with E-state index in [1.165, 1.54) is 48.5 Å². The third-order valence-electron chi connectivity index (χ3n) is 7.36. The smallest absolute Gasteiger partial charge is 0.335 e. The average molecular weight is 502 g/mol. The minimum atomic E-state index is -1.12. The molecule has 4 unspecified atom stereocenters. The predicted octanol–water partition coefficient (Wildman–Crippen LogP) is 2.73. The van der Waals surface area contributed by atoms with E-state index < -0.39 is 59.2 Å². The summed E-state index contributed by atoms with van der Waals surface area (Å²) in [6.07, 6.45) is 1.95. The lowest BCUT2D eigenvalue weighted by atomic mass is 9.71. The Kier molecular flexibility index (Phi) is 5.74. The second-order valence-electron chi connectivity index (χ2n) is 9.49. The molecule has 10 heteroatoms. The van der Waals surface area contributed by atoms with Gasteiger partial charge in [0.05, 0.1) is 40.3 Å². The fraction of sp³-hybridized carbons (Fsp3) is 0.259. The zero-order valence-electron chi connectivity index (χ0n) is 19.7. The summed E-state index contributed by atoms with van der Waals surface area (Å²) in [5.41, 5.74) is 1.27. The van der Waals surface area contributed by atoms with Crippen molar-refractivity contribution in [1.29, 1.82) is 0 Å². The van der Waals surface area contributed by atoms with Gasteiger partial charge in [-0.1, -0.05) is 11.6 Å². The van der Waals surface area contributed by atoms with Crippen molar-refractivity contribution in [3.05, 3.63) is 71.3 Å². The summed E-state index contributed by atoms with van der Waals surface area (Å²) in [6, 6.07) is 10.9. The van der Waals surface area contributed by atoms with Crippen molar-refractivity contribution in [3.8, 4) is 0 Å². The fourth-order valence-corrected chi connectivity index (χ4v) is 5.58. The number of imide groups is 2. The summed E-state index contributed by atoms with van der Waals surface area (Å²) in [7, 11) is 0. The van der Waals surface area contributed by atoms with Gasteiger partial charge in [-0.05, 0) is 67.8 Å². The highest BCUT2D eigenvalue weighted by molar-refractivity contribution is 6.23. The number of rotatable bonds is 5. The number of fused-ring (bicyclic) bond motifs is 1. The fourth-order valence-electron chi connectivity index (χ4n) is 5.58. The summed E-state index contributed by atoms with van der Waals surface area (Å²) in [4.78, 5) is 77.0. The zero-order valence-corrected chi connectivity index (χ0v) is 19.7. The van der Waals surface area contributed by atoms with Crippen molar-refractivity contribution in [2.75, 3.05) is 9.80 Å². The van der Waals surface area contributed by atoms with Gasteiger partial charge in [-0.2, -0.15) is 0 Å². The van der Waals surface area contributed by atoms with Gasteiger partial charge >= 0.3 is 11.9 Å². The number of hydrogen-bond donors (Lipinski definition) is 2. The predicted molar refractivity (Wildman–Crippen MR) is 129 cm³/mol. The number of nitrogens with zero attached hydrogens (tertiary/aromatic N) is 2. The molecular weight excluding hydrogens is 480 g/mol. The molecule has 2 aromatic rings. The molecule has 37 heavy (non-hydrogen) atoms. The molecular formula is C27H22N2O8. The first-order chi connectivity index (χ1) is 17.6. The largest absolute Gasteiger partial charge is 0.478 e. The normalized spacial score (nSPS) is 25.4. The van der Waals surface area contributed by atoms with Crippen molar-refractivity contribution >= 4 is 46.9 Å². The van der Waals surface area contributed by atoms with E-state index in [1.54, 1.807) is 13.0 Å². The lowest BCUT2D eigenvalue weighted by Crippen LogP contribution is -2.35. The maximum Gasteiger partial charge on any atom is 0.335 e. The molecule has 4 amide bonds. The number of carbonyl (C=O) groups is 6. The molecule has 0 radical (unpaired) electrons. The van der Waals surface area contributed by atoms with Gasteiger partial charge in [0.15, 0.2) is 0 Å². The number of anilines is 2. The Morgan fingerprint density at radius 1 is 0.730 bits per heavy atom. The number of carbonyl (C=O) groups excluding carboxylic acids is 4. The molecule has 2 heterocycles. The van der Waals surface area contributed by atoms with Crippen LogP contribution in [0.2, 0.25) is 0 Å². The van der Waals surface area contributed by atoms with E-state index in [9.17, 15) is 28.8 Å². The molecule has 0 bridgehead atoms. The summed E-state index contributed by atoms with van der Waals surface area (Å²) in [5.74, 6) is -6.46. The quantitative estimate of drug-likeness (QED) is 0.468. The van der Waals surface area contributed by atoms with Crippen LogP contribution in [-0.4, -0.2) is 45.8 Å². The van der Waals surface area contributed by atoms with E-state index in [0.29, 0.717) is 5.57 Å². The van der Waals surface area contributed by atoms with Gasteiger partial charge in [0.2, 0.25) is 23.6 Å². The number of allylic oxidation sites excluding steroid dienone is 1. The number of amides is 4. The molecule has 2 saturated heterocycles. The second-order valence-corrected chi connectivity index (χ2v) is 9.49. The number of aromatic carboxylic acids is 2. The molecule has 0 saturated carbocycles. The lowest BCUT2D eigenvalue weighted by Gasteiger charge is -2.29. The Bertz CT molecular complexity index is 1390. The number of carboxylic acids is 2. The number of hydrogen-bond acceptors (Lipinski definition) is 6. The maximum absolute atomic E-state index is 13.3. The lowest BCUT2D eigenvalue weighted by molar-refractivity contribution is -0.125. The van der Waals surface area contributed by atoms with Gasteiger partial charge in [-0.25, -0.2) is 14.5 Å². The minimum Gasteiger partial charge on any atom is -0.478 e. The Hall–Kier alpha value is -4.60. The van der Waals surface area contributed by atoms with Crippen LogP contribution in [0.1, 0.15) is 40.5 Å². The van der Waals surface area contributed by atoms with Crippen LogP contribution in [0.4, 0.5) is 11.4 Å². The van der Waals surface area contributed by atoms with Crippen LogP contribution in [0.15, 0.2) is 60.2 Å². The van der Waals surface area contributed by atoms with Gasteiger partial charge in [-0.15, -0.1) is 0 Å². The number of benzene rings is 2. The van der Waals surface area contributed by atoms with Crippen LogP contribution in [0.5, 0.6) is 0 Å². The standard InChI is InChI=1S/C27H22N2O8/c1-13-10-16(19-12-21(30)28(23(19)31)17-6-2-14(3-7-17)26(34)35)11-20-22(13)25(33)29(24(20)32)18-8-4-15(5-9-18)27(36)37/h2-10,16,19-20,22H,11-12H2,1H3,(H,34,35)(H,36,37). The average Bonchev–Trinajstić information content (AvgIpc) is 3.30. The van der Waals surface area contributed by atoms with Crippen LogP contribution in [0, 0.1) is 23.7 Å². The molecule has 0 aromatic heterocycles. The van der Waals surface area contributed by atoms with E-state index in [4.69, 9.17) is 10.2 Å². The van der Waals surface area contributed by atoms with Gasteiger partial charge < -0.3 is 10.2 Å². The highest BCUT2D eigenvalue weighted by Crippen LogP contribution is 2.46. The topological polar surface area (TPSA) is 149 Å². The van der Waals surface area contributed by atoms with E-state index in [0.717, 1.165) is 9.80 Å². The summed E-state index contributed by atoms with van der Waals surface area (Å²) in [5, 5.41) is 18.2. The highest BCUT2D eigenvalue weighted by Gasteiger charge is 2.54. The Labute approximate surface area is 210 Å². The molecule has 1 aliphatic carbocycles. The number of carboxylic acid groups (broad SMARTS) is 2. The Morgan fingerprint density at radius 3 is 1.73 bits per heavy atom. The molecule has 2 aromatic carbocycles. The third kappa shape index (κ3) is 3.90. The van der Waals surface area contributed by atoms with E-state index in [1.807, 2.05) is 0 Å². The maximum atomic E-state index is 13.3. The molecule has 4 atom stereocenters. The summed E-state index contributed by atoms with van der Waals surface area (Å²) >= 11 is 0. The molecule has 3 aliphatic rings. The first-order valence-corrected chi connectivity index (χ1v) is 11.7. The zero-order chi connectivity index (χ0) is 26.6. The van der Waals surface area contributed by atoms with E-state index in [-0.39, 0.29) is 35.3 Å². The summed E-state index contributed by atoms with van der Waals surface area (Å²) in [6.45, 7) is 1.73. The van der Waals surface area contributed by atoms with Crippen LogP contribution in [0.25, 0.3) is 0 Å². The monoisotopic (exact) mass is 502 g/mol. The van der Waals surface area contributed by atoms with E-state index in [2.05, 4.69) is 0 Å². The Morgan fingerprint density at radius 2 is 1.22 bits per heavy atom. The van der Waals surface area contributed by atoms with Crippen molar-refractivity contribution in [3.63, 3.8) is 0 Å². The van der Waals surface area contributed by atoms with Crippen LogP contribution in [0.3, 0.4) is 0 Å². The second kappa shape index (κ2) is 8.81. The molecule has 2 N–H and O–H groups in total. The van der Waals surface area contributed by atoms with Crippen LogP contribution >= 0.6 is 0 Å². The van der Waals surface area contributed by atoms with Crippen molar-refractivity contribution in [2.45, 2.75) is 19.8 Å².